The van der Waals surface area contributed by atoms with Crippen LogP contribution in [0.15, 0.2) is 28.7 Å². The lowest BCUT2D eigenvalue weighted by Gasteiger charge is -2.10. The van der Waals surface area contributed by atoms with Crippen LogP contribution < -0.4 is 5.32 Å². The molecular formula is C14H14F3NO. The SMILES string of the molecule is CCC(NC)c1ccc(-c2c(F)cc(F)cc2F)o1. The van der Waals surface area contributed by atoms with E-state index in [1.807, 2.05) is 6.92 Å². The van der Waals surface area contributed by atoms with E-state index in [4.69, 9.17) is 4.42 Å². The molecule has 1 aromatic carbocycles. The van der Waals surface area contributed by atoms with Crippen molar-refractivity contribution >= 4 is 0 Å². The Morgan fingerprint density at radius 3 is 2.32 bits per heavy atom. The predicted molar refractivity (Wildman–Crippen MR) is 66.1 cm³/mol. The first kappa shape index (κ1) is 13.7. The molecule has 1 aromatic heterocycles. The predicted octanol–water partition coefficient (Wildman–Crippen LogP) is 4.03. The van der Waals surface area contributed by atoms with Crippen LogP contribution in [0.1, 0.15) is 25.1 Å². The van der Waals surface area contributed by atoms with E-state index in [1.165, 1.54) is 6.07 Å². The van der Waals surface area contributed by atoms with Crippen LogP contribution in [0.2, 0.25) is 0 Å². The Kier molecular flexibility index (Phi) is 3.95. The smallest absolute Gasteiger partial charge is 0.140 e. The highest BCUT2D eigenvalue weighted by Gasteiger charge is 2.19. The highest BCUT2D eigenvalue weighted by Crippen LogP contribution is 2.30. The first-order chi connectivity index (χ1) is 9.06. The standard InChI is InChI=1S/C14H14F3NO/c1-3-11(18-2)12-4-5-13(19-12)14-9(16)6-8(15)7-10(14)17/h4-7,11,18H,3H2,1-2H3. The Hall–Kier alpha value is -1.75. The third kappa shape index (κ3) is 2.66. The van der Waals surface area contributed by atoms with Gasteiger partial charge in [0.1, 0.15) is 29.0 Å². The normalized spacial score (nSPS) is 12.7. The molecule has 0 aliphatic carbocycles. The van der Waals surface area contributed by atoms with Gasteiger partial charge in [-0.1, -0.05) is 6.92 Å². The summed E-state index contributed by atoms with van der Waals surface area (Å²) in [5, 5.41) is 3.03. The molecule has 1 heterocycles. The fourth-order valence-electron chi connectivity index (χ4n) is 2.00. The molecule has 1 N–H and O–H groups in total. The van der Waals surface area contributed by atoms with E-state index in [2.05, 4.69) is 5.32 Å². The molecule has 0 aliphatic rings. The Labute approximate surface area is 109 Å². The number of hydrogen-bond acceptors (Lipinski definition) is 2. The van der Waals surface area contributed by atoms with Gasteiger partial charge in [0.15, 0.2) is 0 Å². The highest BCUT2D eigenvalue weighted by atomic mass is 19.1. The van der Waals surface area contributed by atoms with Gasteiger partial charge in [-0.15, -0.1) is 0 Å². The fourth-order valence-corrected chi connectivity index (χ4v) is 2.00. The summed E-state index contributed by atoms with van der Waals surface area (Å²) in [6, 6.07) is 4.38. The fraction of sp³-hybridized carbons (Fsp3) is 0.286. The molecule has 0 saturated carbocycles. The van der Waals surface area contributed by atoms with E-state index in [0.717, 1.165) is 6.42 Å². The second kappa shape index (κ2) is 5.48. The van der Waals surface area contributed by atoms with Crippen molar-refractivity contribution in [2.45, 2.75) is 19.4 Å². The molecule has 2 rings (SSSR count). The van der Waals surface area contributed by atoms with E-state index < -0.39 is 17.5 Å². The number of furan rings is 1. The maximum absolute atomic E-state index is 13.6. The molecule has 102 valence electrons. The van der Waals surface area contributed by atoms with E-state index in [9.17, 15) is 13.2 Å². The van der Waals surface area contributed by atoms with Gasteiger partial charge in [0.05, 0.1) is 11.6 Å². The second-order valence-corrected chi connectivity index (χ2v) is 4.20. The van der Waals surface area contributed by atoms with E-state index in [-0.39, 0.29) is 17.4 Å². The molecule has 0 amide bonds. The lowest BCUT2D eigenvalue weighted by molar-refractivity contribution is 0.427. The van der Waals surface area contributed by atoms with Gasteiger partial charge in [0.2, 0.25) is 0 Å². The van der Waals surface area contributed by atoms with Crippen LogP contribution in [0.4, 0.5) is 13.2 Å². The van der Waals surface area contributed by atoms with Gasteiger partial charge in [-0.3, -0.25) is 0 Å². The van der Waals surface area contributed by atoms with Crippen molar-refractivity contribution in [3.63, 3.8) is 0 Å². The quantitative estimate of drug-likeness (QED) is 0.906. The molecule has 1 unspecified atom stereocenters. The summed E-state index contributed by atoms with van der Waals surface area (Å²) >= 11 is 0. The molecule has 1 atom stereocenters. The van der Waals surface area contributed by atoms with Crippen molar-refractivity contribution in [1.29, 1.82) is 0 Å². The van der Waals surface area contributed by atoms with Gasteiger partial charge in [0, 0.05) is 12.1 Å². The number of nitrogens with one attached hydrogen (secondary N) is 1. The van der Waals surface area contributed by atoms with Crippen molar-refractivity contribution < 1.29 is 17.6 Å². The number of hydrogen-bond donors (Lipinski definition) is 1. The number of rotatable bonds is 4. The molecule has 0 spiro atoms. The molecule has 0 fully saturated rings. The zero-order chi connectivity index (χ0) is 14.0. The number of benzene rings is 1. The first-order valence-electron chi connectivity index (χ1n) is 5.98. The van der Waals surface area contributed by atoms with E-state index >= 15 is 0 Å². The monoisotopic (exact) mass is 269 g/mol. The van der Waals surface area contributed by atoms with Crippen LogP contribution in [0.25, 0.3) is 11.3 Å². The van der Waals surface area contributed by atoms with Crippen LogP contribution in [-0.4, -0.2) is 7.05 Å². The first-order valence-corrected chi connectivity index (χ1v) is 5.98. The Morgan fingerprint density at radius 2 is 1.79 bits per heavy atom. The second-order valence-electron chi connectivity index (χ2n) is 4.20. The average Bonchev–Trinajstić information content (AvgIpc) is 2.78. The van der Waals surface area contributed by atoms with Crippen molar-refractivity contribution in [2.24, 2.45) is 0 Å². The molecule has 0 saturated heterocycles. The molecule has 2 aromatic rings. The zero-order valence-electron chi connectivity index (χ0n) is 10.6. The summed E-state index contributed by atoms with van der Waals surface area (Å²) < 4.78 is 45.5. The van der Waals surface area contributed by atoms with Crippen molar-refractivity contribution in [1.82, 2.24) is 5.32 Å². The maximum Gasteiger partial charge on any atom is 0.140 e. The Bertz CT molecular complexity index is 553. The zero-order valence-corrected chi connectivity index (χ0v) is 10.6. The van der Waals surface area contributed by atoms with Gasteiger partial charge in [-0.05, 0) is 25.6 Å². The van der Waals surface area contributed by atoms with Crippen molar-refractivity contribution in [3.8, 4) is 11.3 Å². The van der Waals surface area contributed by atoms with E-state index in [1.54, 1.807) is 13.1 Å². The minimum Gasteiger partial charge on any atom is -0.459 e. The summed E-state index contributed by atoms with van der Waals surface area (Å²) in [6.07, 6.45) is 0.776. The topological polar surface area (TPSA) is 25.2 Å². The van der Waals surface area contributed by atoms with Gasteiger partial charge in [-0.2, -0.15) is 0 Å². The summed E-state index contributed by atoms with van der Waals surface area (Å²) in [4.78, 5) is 0. The molecule has 0 bridgehead atoms. The molecular weight excluding hydrogens is 255 g/mol. The third-order valence-electron chi connectivity index (χ3n) is 2.98. The van der Waals surface area contributed by atoms with Crippen LogP contribution in [0.5, 0.6) is 0 Å². The minimum atomic E-state index is -0.976. The van der Waals surface area contributed by atoms with Crippen LogP contribution >= 0.6 is 0 Å². The highest BCUT2D eigenvalue weighted by molar-refractivity contribution is 5.59. The lowest BCUT2D eigenvalue weighted by atomic mass is 10.1. The van der Waals surface area contributed by atoms with E-state index in [0.29, 0.717) is 17.9 Å². The summed E-state index contributed by atoms with van der Waals surface area (Å²) in [5.74, 6) is -2.26. The largest absolute Gasteiger partial charge is 0.459 e. The van der Waals surface area contributed by atoms with Gasteiger partial charge >= 0.3 is 0 Å². The van der Waals surface area contributed by atoms with Gasteiger partial charge in [0.25, 0.3) is 0 Å². The molecule has 2 nitrogen and oxygen atoms in total. The summed E-state index contributed by atoms with van der Waals surface area (Å²) in [6.45, 7) is 1.96. The molecule has 0 aliphatic heterocycles. The molecule has 5 heteroatoms. The Morgan fingerprint density at radius 1 is 1.16 bits per heavy atom. The third-order valence-corrected chi connectivity index (χ3v) is 2.98. The molecule has 0 radical (unpaired) electrons. The number of halogens is 3. The summed E-state index contributed by atoms with van der Waals surface area (Å²) in [5.41, 5.74) is -0.349. The van der Waals surface area contributed by atoms with Crippen molar-refractivity contribution in [3.05, 3.63) is 47.5 Å². The lowest BCUT2D eigenvalue weighted by Crippen LogP contribution is -2.14. The average molecular weight is 269 g/mol. The van der Waals surface area contributed by atoms with Crippen LogP contribution in [0.3, 0.4) is 0 Å². The summed E-state index contributed by atoms with van der Waals surface area (Å²) in [7, 11) is 1.77. The van der Waals surface area contributed by atoms with Crippen LogP contribution in [-0.2, 0) is 0 Å². The molecule has 19 heavy (non-hydrogen) atoms. The maximum atomic E-state index is 13.6. The Balaban J connectivity index is 2.43. The minimum absolute atomic E-state index is 0.0275. The van der Waals surface area contributed by atoms with Gasteiger partial charge < -0.3 is 9.73 Å². The van der Waals surface area contributed by atoms with Crippen molar-refractivity contribution in [2.75, 3.05) is 7.05 Å². The van der Waals surface area contributed by atoms with Crippen LogP contribution in [0, 0.1) is 17.5 Å². The van der Waals surface area contributed by atoms with Gasteiger partial charge in [-0.25, -0.2) is 13.2 Å².